The number of rotatable bonds is 4. The number of carboxylic acids is 1. The number of anilines is 2. The molecular weight excluding hydrogens is 270 g/mol. The van der Waals surface area contributed by atoms with E-state index in [9.17, 15) is 14.7 Å². The van der Waals surface area contributed by atoms with E-state index in [1.165, 1.54) is 0 Å². The monoisotopic (exact) mass is 285 g/mol. The molecule has 0 heterocycles. The van der Waals surface area contributed by atoms with Gasteiger partial charge in [0, 0.05) is 0 Å². The number of carbonyl (C=O) groups is 2. The largest absolute Gasteiger partial charge is 0.479 e. The summed E-state index contributed by atoms with van der Waals surface area (Å²) in [6.07, 6.45) is 0. The standard InChI is InChI=1S/C15H15N3O3/c16-11-8-4-5-9-12(11)17-15(21)18-13(14(19)20)10-6-2-1-3-7-10/h1-9,13H,16H2,(H,19,20)(H2,17,18,21)/t13-/m1/s1. The lowest BCUT2D eigenvalue weighted by atomic mass is 10.1. The van der Waals surface area contributed by atoms with Crippen molar-refractivity contribution in [3.05, 3.63) is 60.2 Å². The van der Waals surface area contributed by atoms with Gasteiger partial charge in [0.15, 0.2) is 6.04 Å². The lowest BCUT2D eigenvalue weighted by molar-refractivity contribution is -0.139. The zero-order valence-corrected chi connectivity index (χ0v) is 11.1. The first-order valence-corrected chi connectivity index (χ1v) is 6.27. The molecule has 0 saturated heterocycles. The third-order valence-corrected chi connectivity index (χ3v) is 2.86. The van der Waals surface area contributed by atoms with Gasteiger partial charge in [-0.1, -0.05) is 42.5 Å². The number of aliphatic carboxylic acids is 1. The molecule has 2 amide bonds. The molecular formula is C15H15N3O3. The van der Waals surface area contributed by atoms with Gasteiger partial charge in [-0.25, -0.2) is 9.59 Å². The minimum absolute atomic E-state index is 0.402. The first-order valence-electron chi connectivity index (χ1n) is 6.27. The number of nitrogens with one attached hydrogen (secondary N) is 2. The van der Waals surface area contributed by atoms with E-state index in [4.69, 9.17) is 5.73 Å². The van der Waals surface area contributed by atoms with E-state index in [1.807, 2.05) is 0 Å². The molecule has 0 radical (unpaired) electrons. The van der Waals surface area contributed by atoms with Crippen LogP contribution in [-0.2, 0) is 4.79 Å². The van der Waals surface area contributed by atoms with Crippen LogP contribution in [0, 0.1) is 0 Å². The van der Waals surface area contributed by atoms with Crippen molar-refractivity contribution < 1.29 is 14.7 Å². The fraction of sp³-hybridized carbons (Fsp3) is 0.0667. The molecule has 0 aliphatic rings. The second-order valence-corrected chi connectivity index (χ2v) is 4.37. The summed E-state index contributed by atoms with van der Waals surface area (Å²) in [6.45, 7) is 0. The zero-order valence-electron chi connectivity index (χ0n) is 11.1. The Bertz CT molecular complexity index is 644. The van der Waals surface area contributed by atoms with Crippen molar-refractivity contribution in [2.75, 3.05) is 11.1 Å². The molecule has 0 bridgehead atoms. The molecule has 6 heteroatoms. The number of urea groups is 1. The van der Waals surface area contributed by atoms with Gasteiger partial charge in [-0.3, -0.25) is 0 Å². The fourth-order valence-corrected chi connectivity index (χ4v) is 1.83. The Morgan fingerprint density at radius 2 is 1.62 bits per heavy atom. The van der Waals surface area contributed by atoms with Crippen LogP contribution in [0.5, 0.6) is 0 Å². The molecule has 0 spiro atoms. The highest BCUT2D eigenvalue weighted by Gasteiger charge is 2.21. The lowest BCUT2D eigenvalue weighted by Gasteiger charge is -2.16. The van der Waals surface area contributed by atoms with Crippen LogP contribution in [0.4, 0.5) is 16.2 Å². The Morgan fingerprint density at radius 1 is 1.00 bits per heavy atom. The molecule has 1 atom stereocenters. The van der Waals surface area contributed by atoms with Crippen LogP contribution in [-0.4, -0.2) is 17.1 Å². The summed E-state index contributed by atoms with van der Waals surface area (Å²) < 4.78 is 0. The Hall–Kier alpha value is -3.02. The van der Waals surface area contributed by atoms with Crippen molar-refractivity contribution in [3.8, 4) is 0 Å². The van der Waals surface area contributed by atoms with Crippen molar-refractivity contribution in [2.24, 2.45) is 0 Å². The van der Waals surface area contributed by atoms with Crippen molar-refractivity contribution in [3.63, 3.8) is 0 Å². The molecule has 0 unspecified atom stereocenters. The third-order valence-electron chi connectivity index (χ3n) is 2.86. The summed E-state index contributed by atoms with van der Waals surface area (Å²) in [4.78, 5) is 23.2. The molecule has 0 aliphatic heterocycles. The van der Waals surface area contributed by atoms with E-state index in [2.05, 4.69) is 10.6 Å². The Kier molecular flexibility index (Phi) is 4.40. The number of benzene rings is 2. The summed E-state index contributed by atoms with van der Waals surface area (Å²) >= 11 is 0. The number of carboxylic acid groups (broad SMARTS) is 1. The van der Waals surface area contributed by atoms with E-state index in [0.29, 0.717) is 16.9 Å². The molecule has 2 aromatic rings. The van der Waals surface area contributed by atoms with E-state index in [-0.39, 0.29) is 0 Å². The van der Waals surface area contributed by atoms with E-state index >= 15 is 0 Å². The highest BCUT2D eigenvalue weighted by Crippen LogP contribution is 2.17. The van der Waals surface area contributed by atoms with Gasteiger partial charge in [-0.05, 0) is 17.7 Å². The van der Waals surface area contributed by atoms with Gasteiger partial charge < -0.3 is 21.5 Å². The van der Waals surface area contributed by atoms with E-state index in [0.717, 1.165) is 0 Å². The first-order chi connectivity index (χ1) is 10.1. The quantitative estimate of drug-likeness (QED) is 0.646. The van der Waals surface area contributed by atoms with Gasteiger partial charge >= 0.3 is 12.0 Å². The topological polar surface area (TPSA) is 104 Å². The van der Waals surface area contributed by atoms with Gasteiger partial charge in [-0.15, -0.1) is 0 Å². The maximum Gasteiger partial charge on any atom is 0.330 e. The van der Waals surface area contributed by atoms with E-state index in [1.54, 1.807) is 54.6 Å². The number of carbonyl (C=O) groups excluding carboxylic acids is 1. The number of para-hydroxylation sites is 2. The molecule has 6 nitrogen and oxygen atoms in total. The summed E-state index contributed by atoms with van der Waals surface area (Å²) in [5.41, 5.74) is 7.02. The summed E-state index contributed by atoms with van der Waals surface area (Å²) in [7, 11) is 0. The van der Waals surface area contributed by atoms with Crippen LogP contribution in [0.25, 0.3) is 0 Å². The fourth-order valence-electron chi connectivity index (χ4n) is 1.83. The number of nitrogens with two attached hydrogens (primary N) is 1. The summed E-state index contributed by atoms with van der Waals surface area (Å²) in [6, 6.07) is 13.4. The van der Waals surface area contributed by atoms with Crippen molar-refractivity contribution >= 4 is 23.4 Å². The minimum atomic E-state index is -1.14. The van der Waals surface area contributed by atoms with Gasteiger partial charge in [0.2, 0.25) is 0 Å². The molecule has 0 saturated carbocycles. The Labute approximate surface area is 121 Å². The molecule has 2 aromatic carbocycles. The van der Waals surface area contributed by atoms with Crippen LogP contribution >= 0.6 is 0 Å². The second kappa shape index (κ2) is 6.42. The molecule has 0 fully saturated rings. The molecule has 21 heavy (non-hydrogen) atoms. The van der Waals surface area contributed by atoms with Crippen LogP contribution < -0.4 is 16.4 Å². The SMILES string of the molecule is Nc1ccccc1NC(=O)N[C@@H](C(=O)O)c1ccccc1. The number of nitrogen functional groups attached to an aromatic ring is 1. The smallest absolute Gasteiger partial charge is 0.330 e. The lowest BCUT2D eigenvalue weighted by Crippen LogP contribution is -2.36. The van der Waals surface area contributed by atoms with Crippen molar-refractivity contribution in [1.82, 2.24) is 5.32 Å². The first kappa shape index (κ1) is 14.4. The van der Waals surface area contributed by atoms with Crippen LogP contribution in [0.15, 0.2) is 54.6 Å². The zero-order chi connectivity index (χ0) is 15.2. The minimum Gasteiger partial charge on any atom is -0.479 e. The Balaban J connectivity index is 2.10. The molecule has 2 rings (SSSR count). The highest BCUT2D eigenvalue weighted by atomic mass is 16.4. The number of amides is 2. The van der Waals surface area contributed by atoms with Crippen molar-refractivity contribution in [2.45, 2.75) is 6.04 Å². The number of hydrogen-bond acceptors (Lipinski definition) is 3. The third kappa shape index (κ3) is 3.73. The molecule has 0 aliphatic carbocycles. The molecule has 5 N–H and O–H groups in total. The van der Waals surface area contributed by atoms with Crippen LogP contribution in [0.1, 0.15) is 11.6 Å². The normalized spacial score (nSPS) is 11.4. The predicted octanol–water partition coefficient (Wildman–Crippen LogP) is 2.22. The van der Waals surface area contributed by atoms with Gasteiger partial charge in [0.25, 0.3) is 0 Å². The summed E-state index contributed by atoms with van der Waals surface area (Å²) in [5.74, 6) is -1.14. The van der Waals surface area contributed by atoms with Gasteiger partial charge in [-0.2, -0.15) is 0 Å². The maximum atomic E-state index is 11.9. The molecule has 108 valence electrons. The highest BCUT2D eigenvalue weighted by molar-refractivity contribution is 5.95. The predicted molar refractivity (Wildman–Crippen MR) is 79.8 cm³/mol. The van der Waals surface area contributed by atoms with Gasteiger partial charge in [0.1, 0.15) is 0 Å². The maximum absolute atomic E-state index is 11.9. The second-order valence-electron chi connectivity index (χ2n) is 4.37. The van der Waals surface area contributed by atoms with E-state index < -0.39 is 18.0 Å². The Morgan fingerprint density at radius 3 is 2.24 bits per heavy atom. The average Bonchev–Trinajstić information content (AvgIpc) is 2.48. The van der Waals surface area contributed by atoms with Crippen LogP contribution in [0.2, 0.25) is 0 Å². The average molecular weight is 285 g/mol. The van der Waals surface area contributed by atoms with Crippen molar-refractivity contribution in [1.29, 1.82) is 0 Å². The van der Waals surface area contributed by atoms with Crippen LogP contribution in [0.3, 0.4) is 0 Å². The number of hydrogen-bond donors (Lipinski definition) is 4. The molecule has 0 aromatic heterocycles. The summed E-state index contributed by atoms with van der Waals surface area (Å²) in [5, 5.41) is 14.2. The van der Waals surface area contributed by atoms with Gasteiger partial charge in [0.05, 0.1) is 11.4 Å².